The fourth-order valence-corrected chi connectivity index (χ4v) is 2.96. The molecule has 2 aromatic heterocycles. The van der Waals surface area contributed by atoms with Gasteiger partial charge in [0.25, 0.3) is 5.56 Å². The molecule has 1 atom stereocenters. The zero-order valence-corrected chi connectivity index (χ0v) is 15.1. The molecule has 142 valence electrons. The highest BCUT2D eigenvalue weighted by atomic mass is 19.2. The van der Waals surface area contributed by atoms with Crippen molar-refractivity contribution in [3.05, 3.63) is 74.8 Å². The van der Waals surface area contributed by atoms with Crippen LogP contribution in [0.4, 0.5) is 8.78 Å². The fraction of sp³-hybridized carbons (Fsp3) is 0.200. The maximum atomic E-state index is 13.6. The highest BCUT2D eigenvalue weighted by Gasteiger charge is 2.17. The van der Waals surface area contributed by atoms with Crippen LogP contribution in [0.15, 0.2) is 35.3 Å². The number of amides is 1. The molecule has 6 nitrogen and oxygen atoms in total. The number of nitrogens with one attached hydrogen (secondary N) is 2. The maximum absolute atomic E-state index is 13.6. The van der Waals surface area contributed by atoms with Crippen molar-refractivity contribution in [3.63, 3.8) is 0 Å². The number of H-pyrrole nitrogens is 1. The quantitative estimate of drug-likeness (QED) is 0.725. The van der Waals surface area contributed by atoms with E-state index in [-0.39, 0.29) is 17.5 Å². The van der Waals surface area contributed by atoms with Crippen LogP contribution in [0.2, 0.25) is 0 Å². The van der Waals surface area contributed by atoms with E-state index >= 15 is 0 Å². The molecule has 0 aliphatic heterocycles. The lowest BCUT2D eigenvalue weighted by molar-refractivity contribution is -0.121. The van der Waals surface area contributed by atoms with Crippen LogP contribution in [0.25, 0.3) is 10.9 Å². The highest BCUT2D eigenvalue weighted by Crippen LogP contribution is 2.21. The van der Waals surface area contributed by atoms with E-state index in [0.717, 1.165) is 12.1 Å². The molecule has 3 rings (SSSR count). The summed E-state index contributed by atoms with van der Waals surface area (Å²) in [7, 11) is 0. The number of benzene rings is 1. The molecular formula is C20H16F2N4O2. The minimum Gasteiger partial charge on any atom is -0.348 e. The summed E-state index contributed by atoms with van der Waals surface area (Å²) in [5.41, 5.74) is 1.20. The van der Waals surface area contributed by atoms with Crippen molar-refractivity contribution in [3.8, 4) is 6.07 Å². The molecule has 0 unspecified atom stereocenters. The predicted octanol–water partition coefficient (Wildman–Crippen LogP) is 2.80. The smallest absolute Gasteiger partial charge is 0.252 e. The molecule has 0 saturated carbocycles. The van der Waals surface area contributed by atoms with E-state index in [1.165, 1.54) is 6.20 Å². The van der Waals surface area contributed by atoms with Crippen molar-refractivity contribution >= 4 is 16.8 Å². The number of rotatable bonds is 4. The van der Waals surface area contributed by atoms with Crippen LogP contribution in [-0.4, -0.2) is 15.9 Å². The standard InChI is InChI=1S/C20H16F2N4O2/c1-10-13-5-15(21)16(22)7-18(13)26-20(28)14(10)6-19(27)25-11(2)17-4-3-12(8-23)9-24-17/h3-5,7,9,11H,6H2,1-2H3,(H,25,27)(H,26,28)/t11-/m0/s1. The van der Waals surface area contributed by atoms with Crippen molar-refractivity contribution in [1.29, 1.82) is 5.26 Å². The Labute approximate surface area is 158 Å². The Bertz CT molecular complexity index is 1160. The summed E-state index contributed by atoms with van der Waals surface area (Å²) >= 11 is 0. The van der Waals surface area contributed by atoms with Gasteiger partial charge < -0.3 is 10.3 Å². The van der Waals surface area contributed by atoms with Gasteiger partial charge in [0.2, 0.25) is 5.91 Å². The monoisotopic (exact) mass is 382 g/mol. The number of fused-ring (bicyclic) bond motifs is 1. The van der Waals surface area contributed by atoms with Crippen molar-refractivity contribution in [1.82, 2.24) is 15.3 Å². The van der Waals surface area contributed by atoms with Crippen molar-refractivity contribution in [2.24, 2.45) is 0 Å². The third-order valence-corrected chi connectivity index (χ3v) is 4.51. The van der Waals surface area contributed by atoms with Gasteiger partial charge in [-0.25, -0.2) is 8.78 Å². The van der Waals surface area contributed by atoms with Crippen LogP contribution in [0.3, 0.4) is 0 Å². The molecule has 2 heterocycles. The molecule has 0 bridgehead atoms. The zero-order chi connectivity index (χ0) is 20.4. The first-order valence-corrected chi connectivity index (χ1v) is 8.46. The van der Waals surface area contributed by atoms with Crippen LogP contribution in [0, 0.1) is 29.9 Å². The van der Waals surface area contributed by atoms with Gasteiger partial charge in [0, 0.05) is 23.2 Å². The lowest BCUT2D eigenvalue weighted by Gasteiger charge is -2.14. The molecule has 8 heteroatoms. The number of pyridine rings is 2. The topological polar surface area (TPSA) is 98.6 Å². The molecule has 3 aromatic rings. The number of carbonyl (C=O) groups excluding carboxylic acids is 1. The number of halogens is 2. The van der Waals surface area contributed by atoms with E-state index < -0.39 is 29.1 Å². The van der Waals surface area contributed by atoms with Crippen molar-refractivity contribution in [2.75, 3.05) is 0 Å². The normalized spacial score (nSPS) is 11.8. The molecule has 0 aliphatic carbocycles. The van der Waals surface area contributed by atoms with Gasteiger partial charge in [0.15, 0.2) is 11.6 Å². The summed E-state index contributed by atoms with van der Waals surface area (Å²) < 4.78 is 27.0. The predicted molar refractivity (Wildman–Crippen MR) is 98.4 cm³/mol. The Kier molecular flexibility index (Phi) is 5.18. The average molecular weight is 382 g/mol. The van der Waals surface area contributed by atoms with E-state index in [1.54, 1.807) is 26.0 Å². The molecule has 0 aliphatic rings. The number of aromatic nitrogens is 2. The Balaban J connectivity index is 1.83. The molecule has 0 saturated heterocycles. The lowest BCUT2D eigenvalue weighted by Crippen LogP contribution is -2.31. The SMILES string of the molecule is Cc1c(CC(=O)N[C@@H](C)c2ccc(C#N)cn2)c(=O)[nH]c2cc(F)c(F)cc12. The van der Waals surface area contributed by atoms with Crippen molar-refractivity contribution < 1.29 is 13.6 Å². The van der Waals surface area contributed by atoms with Gasteiger partial charge in [0.1, 0.15) is 6.07 Å². The molecule has 2 N–H and O–H groups in total. The summed E-state index contributed by atoms with van der Waals surface area (Å²) in [6.07, 6.45) is 1.18. The first kappa shape index (κ1) is 19.2. The van der Waals surface area contributed by atoms with E-state index in [2.05, 4.69) is 15.3 Å². The number of carbonyl (C=O) groups is 1. The number of hydrogen-bond acceptors (Lipinski definition) is 4. The second-order valence-electron chi connectivity index (χ2n) is 6.42. The second-order valence-corrected chi connectivity index (χ2v) is 6.42. The van der Waals surface area contributed by atoms with Crippen LogP contribution in [-0.2, 0) is 11.2 Å². The molecule has 0 radical (unpaired) electrons. The lowest BCUT2D eigenvalue weighted by atomic mass is 10.0. The van der Waals surface area contributed by atoms with Crippen LogP contribution in [0.1, 0.15) is 35.3 Å². The second kappa shape index (κ2) is 7.56. The summed E-state index contributed by atoms with van der Waals surface area (Å²) in [6, 6.07) is 6.67. The molecule has 1 amide bonds. The van der Waals surface area contributed by atoms with E-state index in [4.69, 9.17) is 5.26 Å². The van der Waals surface area contributed by atoms with E-state index in [9.17, 15) is 18.4 Å². The molecule has 28 heavy (non-hydrogen) atoms. The number of nitrogens with zero attached hydrogens (tertiary/aromatic N) is 2. The Morgan fingerprint density at radius 2 is 2.04 bits per heavy atom. The zero-order valence-electron chi connectivity index (χ0n) is 15.1. The summed E-state index contributed by atoms with van der Waals surface area (Å²) in [5.74, 6) is -2.51. The molecular weight excluding hydrogens is 366 g/mol. The van der Waals surface area contributed by atoms with Gasteiger partial charge in [-0.15, -0.1) is 0 Å². The van der Waals surface area contributed by atoms with Gasteiger partial charge in [-0.2, -0.15) is 5.26 Å². The first-order chi connectivity index (χ1) is 13.3. The van der Waals surface area contributed by atoms with Gasteiger partial charge in [-0.05, 0) is 37.6 Å². The highest BCUT2D eigenvalue weighted by molar-refractivity contribution is 5.86. The van der Waals surface area contributed by atoms with Crippen molar-refractivity contribution in [2.45, 2.75) is 26.3 Å². The van der Waals surface area contributed by atoms with Crippen LogP contribution in [0.5, 0.6) is 0 Å². The number of aryl methyl sites for hydroxylation is 1. The van der Waals surface area contributed by atoms with Gasteiger partial charge in [0.05, 0.1) is 29.2 Å². The molecule has 0 fully saturated rings. The number of aromatic amines is 1. The Morgan fingerprint density at radius 3 is 2.68 bits per heavy atom. The molecule has 0 spiro atoms. The maximum Gasteiger partial charge on any atom is 0.252 e. The van der Waals surface area contributed by atoms with Crippen LogP contribution >= 0.6 is 0 Å². The Morgan fingerprint density at radius 1 is 1.32 bits per heavy atom. The van der Waals surface area contributed by atoms with Crippen LogP contribution < -0.4 is 10.9 Å². The third kappa shape index (κ3) is 3.74. The van der Waals surface area contributed by atoms with E-state index in [0.29, 0.717) is 22.2 Å². The summed E-state index contributed by atoms with van der Waals surface area (Å²) in [4.78, 5) is 31.3. The fourth-order valence-electron chi connectivity index (χ4n) is 2.96. The Hall–Kier alpha value is -3.60. The van der Waals surface area contributed by atoms with E-state index in [1.807, 2.05) is 6.07 Å². The summed E-state index contributed by atoms with van der Waals surface area (Å²) in [6.45, 7) is 3.31. The third-order valence-electron chi connectivity index (χ3n) is 4.51. The van der Waals surface area contributed by atoms with Gasteiger partial charge in [-0.1, -0.05) is 0 Å². The molecule has 1 aromatic carbocycles. The first-order valence-electron chi connectivity index (χ1n) is 8.46. The largest absolute Gasteiger partial charge is 0.348 e. The number of hydrogen-bond donors (Lipinski definition) is 2. The minimum atomic E-state index is -1.06. The van der Waals surface area contributed by atoms with Gasteiger partial charge >= 0.3 is 0 Å². The van der Waals surface area contributed by atoms with Gasteiger partial charge in [-0.3, -0.25) is 14.6 Å². The number of nitriles is 1. The average Bonchev–Trinajstić information content (AvgIpc) is 2.67. The minimum absolute atomic E-state index is 0.167. The summed E-state index contributed by atoms with van der Waals surface area (Å²) in [5, 5.41) is 11.9.